The van der Waals surface area contributed by atoms with Crippen molar-refractivity contribution < 1.29 is 14.1 Å². The zero-order valence-electron chi connectivity index (χ0n) is 14.5. The van der Waals surface area contributed by atoms with E-state index in [2.05, 4.69) is 27.3 Å². The average molecular weight is 344 g/mol. The summed E-state index contributed by atoms with van der Waals surface area (Å²) in [6, 6.07) is 9.94. The van der Waals surface area contributed by atoms with Crippen molar-refractivity contribution >= 4 is 5.91 Å². The Morgan fingerprint density at radius 3 is 2.80 bits per heavy atom. The smallest absolute Gasteiger partial charge is 0.227 e. The molecule has 7 nitrogen and oxygen atoms in total. The number of ether oxygens (including phenoxy) is 1. The molecule has 1 atom stereocenters. The van der Waals surface area contributed by atoms with E-state index in [4.69, 9.17) is 9.26 Å². The van der Waals surface area contributed by atoms with E-state index in [1.165, 1.54) is 0 Å². The van der Waals surface area contributed by atoms with Crippen molar-refractivity contribution in [1.82, 2.24) is 20.4 Å². The molecule has 0 radical (unpaired) electrons. The number of hydrogen-bond acceptors (Lipinski definition) is 6. The summed E-state index contributed by atoms with van der Waals surface area (Å²) in [4.78, 5) is 18.7. The number of hydrogen-bond donors (Lipinski definition) is 1. The second-order valence-electron chi connectivity index (χ2n) is 6.18. The molecule has 2 heterocycles. The molecule has 1 aromatic carbocycles. The average Bonchev–Trinajstić information content (AvgIpc) is 3.15. The standard InChI is InChI=1S/C18H24N4O3/c1-14(22-9-11-24-12-10-22)13-19-16(23)7-8-17-20-18(21-25-17)15-5-3-2-4-6-15/h2-6,14H,7-13H2,1H3,(H,19,23)/t14-/m1/s1. The van der Waals surface area contributed by atoms with Gasteiger partial charge in [-0.1, -0.05) is 35.5 Å². The zero-order chi connectivity index (χ0) is 17.5. The van der Waals surface area contributed by atoms with Crippen molar-refractivity contribution in [2.75, 3.05) is 32.8 Å². The maximum absolute atomic E-state index is 12.0. The lowest BCUT2D eigenvalue weighted by atomic mass is 10.2. The Labute approximate surface area is 147 Å². The van der Waals surface area contributed by atoms with Gasteiger partial charge < -0.3 is 14.6 Å². The highest BCUT2D eigenvalue weighted by Gasteiger charge is 2.17. The first-order valence-corrected chi connectivity index (χ1v) is 8.69. The number of aromatic nitrogens is 2. The van der Waals surface area contributed by atoms with Crippen LogP contribution in [0.25, 0.3) is 11.4 Å². The quantitative estimate of drug-likeness (QED) is 0.820. The van der Waals surface area contributed by atoms with E-state index in [0.717, 1.165) is 31.9 Å². The van der Waals surface area contributed by atoms with Gasteiger partial charge in [0.15, 0.2) is 0 Å². The van der Waals surface area contributed by atoms with Crippen LogP contribution in [0.5, 0.6) is 0 Å². The molecule has 1 N–H and O–H groups in total. The lowest BCUT2D eigenvalue weighted by Crippen LogP contribution is -2.47. The molecule has 3 rings (SSSR count). The number of rotatable bonds is 7. The Hall–Kier alpha value is -2.25. The first-order valence-electron chi connectivity index (χ1n) is 8.69. The van der Waals surface area contributed by atoms with Gasteiger partial charge in [0.25, 0.3) is 0 Å². The topological polar surface area (TPSA) is 80.5 Å². The molecule has 1 saturated heterocycles. The summed E-state index contributed by atoms with van der Waals surface area (Å²) >= 11 is 0. The summed E-state index contributed by atoms with van der Waals surface area (Å²) < 4.78 is 10.6. The van der Waals surface area contributed by atoms with Crippen LogP contribution in [-0.4, -0.2) is 59.8 Å². The molecule has 7 heteroatoms. The third-order valence-corrected chi connectivity index (χ3v) is 4.33. The lowest BCUT2D eigenvalue weighted by Gasteiger charge is -2.32. The number of carbonyl (C=O) groups excluding carboxylic acids is 1. The molecule has 1 aliphatic heterocycles. The van der Waals surface area contributed by atoms with Crippen molar-refractivity contribution in [2.45, 2.75) is 25.8 Å². The Kier molecular flexibility index (Phi) is 6.14. The molecule has 2 aromatic rings. The molecule has 1 amide bonds. The molecule has 0 bridgehead atoms. The van der Waals surface area contributed by atoms with E-state index < -0.39 is 0 Å². The van der Waals surface area contributed by atoms with E-state index >= 15 is 0 Å². The monoisotopic (exact) mass is 344 g/mol. The van der Waals surface area contributed by atoms with E-state index in [0.29, 0.717) is 37.1 Å². The summed E-state index contributed by atoms with van der Waals surface area (Å²) in [6.07, 6.45) is 0.782. The molecule has 25 heavy (non-hydrogen) atoms. The van der Waals surface area contributed by atoms with Crippen molar-refractivity contribution in [3.8, 4) is 11.4 Å². The molecule has 0 unspecified atom stereocenters. The minimum atomic E-state index is -0.000398. The van der Waals surface area contributed by atoms with Crippen LogP contribution >= 0.6 is 0 Å². The summed E-state index contributed by atoms with van der Waals surface area (Å²) in [7, 11) is 0. The van der Waals surface area contributed by atoms with Gasteiger partial charge in [-0.3, -0.25) is 9.69 Å². The highest BCUT2D eigenvalue weighted by Crippen LogP contribution is 2.15. The van der Waals surface area contributed by atoms with Gasteiger partial charge in [0, 0.05) is 44.1 Å². The molecule has 1 aromatic heterocycles. The Balaban J connectivity index is 1.41. The van der Waals surface area contributed by atoms with Crippen LogP contribution in [0.3, 0.4) is 0 Å². The van der Waals surface area contributed by atoms with Crippen molar-refractivity contribution in [1.29, 1.82) is 0 Å². The Morgan fingerprint density at radius 2 is 2.04 bits per heavy atom. The predicted octanol–water partition coefficient (Wildman–Crippen LogP) is 1.51. The summed E-state index contributed by atoms with van der Waals surface area (Å²) in [6.45, 7) is 6.12. The fraction of sp³-hybridized carbons (Fsp3) is 0.500. The highest BCUT2D eigenvalue weighted by molar-refractivity contribution is 5.76. The third kappa shape index (κ3) is 5.11. The fourth-order valence-corrected chi connectivity index (χ4v) is 2.78. The zero-order valence-corrected chi connectivity index (χ0v) is 14.5. The summed E-state index contributed by atoms with van der Waals surface area (Å²) in [5, 5.41) is 6.94. The number of benzene rings is 1. The van der Waals surface area contributed by atoms with Crippen molar-refractivity contribution in [2.24, 2.45) is 0 Å². The minimum absolute atomic E-state index is 0.000398. The SMILES string of the molecule is C[C@H](CNC(=O)CCc1nc(-c2ccccc2)no1)N1CCOCC1. The number of aryl methyl sites for hydroxylation is 1. The Bertz CT molecular complexity index is 668. The van der Waals surface area contributed by atoms with Gasteiger partial charge in [-0.2, -0.15) is 4.98 Å². The maximum Gasteiger partial charge on any atom is 0.227 e. The third-order valence-electron chi connectivity index (χ3n) is 4.33. The molecule has 0 aliphatic carbocycles. The number of nitrogens with zero attached hydrogens (tertiary/aromatic N) is 3. The van der Waals surface area contributed by atoms with E-state index in [1.807, 2.05) is 30.3 Å². The van der Waals surface area contributed by atoms with Crippen molar-refractivity contribution in [3.63, 3.8) is 0 Å². The Morgan fingerprint density at radius 1 is 1.28 bits per heavy atom. The van der Waals surface area contributed by atoms with Gasteiger partial charge in [0.1, 0.15) is 0 Å². The number of amides is 1. The van der Waals surface area contributed by atoms with E-state index in [9.17, 15) is 4.79 Å². The fourth-order valence-electron chi connectivity index (χ4n) is 2.78. The first kappa shape index (κ1) is 17.6. The van der Waals surface area contributed by atoms with Gasteiger partial charge >= 0.3 is 0 Å². The van der Waals surface area contributed by atoms with E-state index in [-0.39, 0.29) is 5.91 Å². The van der Waals surface area contributed by atoms with Crippen molar-refractivity contribution in [3.05, 3.63) is 36.2 Å². The van der Waals surface area contributed by atoms with Crippen LogP contribution < -0.4 is 5.32 Å². The molecule has 1 fully saturated rings. The molecular formula is C18H24N4O3. The second kappa shape index (κ2) is 8.73. The van der Waals surface area contributed by atoms with Gasteiger partial charge in [-0.25, -0.2) is 0 Å². The van der Waals surface area contributed by atoms with Crippen LogP contribution in [0.15, 0.2) is 34.9 Å². The maximum atomic E-state index is 12.0. The normalized spacial score (nSPS) is 16.5. The molecular weight excluding hydrogens is 320 g/mol. The largest absolute Gasteiger partial charge is 0.379 e. The van der Waals surface area contributed by atoms with Crippen LogP contribution in [0.1, 0.15) is 19.2 Å². The summed E-state index contributed by atoms with van der Waals surface area (Å²) in [5.74, 6) is 1.03. The first-order chi connectivity index (χ1) is 12.2. The van der Waals surface area contributed by atoms with Crippen LogP contribution in [0, 0.1) is 0 Å². The van der Waals surface area contributed by atoms with Crippen LogP contribution in [0.2, 0.25) is 0 Å². The number of carbonyl (C=O) groups is 1. The molecule has 1 aliphatic rings. The molecule has 0 saturated carbocycles. The molecule has 134 valence electrons. The van der Waals surface area contributed by atoms with Gasteiger partial charge in [0.2, 0.25) is 17.6 Å². The number of nitrogens with one attached hydrogen (secondary N) is 1. The minimum Gasteiger partial charge on any atom is -0.379 e. The van der Waals surface area contributed by atoms with Crippen LogP contribution in [-0.2, 0) is 16.0 Å². The summed E-state index contributed by atoms with van der Waals surface area (Å²) in [5.41, 5.74) is 0.904. The highest BCUT2D eigenvalue weighted by atomic mass is 16.5. The molecule has 0 spiro atoms. The van der Waals surface area contributed by atoms with E-state index in [1.54, 1.807) is 0 Å². The van der Waals surface area contributed by atoms with Gasteiger partial charge in [-0.05, 0) is 6.92 Å². The van der Waals surface area contributed by atoms with Gasteiger partial charge in [-0.15, -0.1) is 0 Å². The lowest BCUT2D eigenvalue weighted by molar-refractivity contribution is -0.121. The number of morpholine rings is 1. The predicted molar refractivity (Wildman–Crippen MR) is 92.9 cm³/mol. The second-order valence-corrected chi connectivity index (χ2v) is 6.18. The van der Waals surface area contributed by atoms with Crippen LogP contribution in [0.4, 0.5) is 0 Å². The van der Waals surface area contributed by atoms with Gasteiger partial charge in [0.05, 0.1) is 13.2 Å².